The monoisotopic (exact) mass is 106 g/mol. The minimum atomic E-state index is 0.838. The van der Waals surface area contributed by atoms with Crippen molar-refractivity contribution in [3.8, 4) is 0 Å². The van der Waals surface area contributed by atoms with Crippen LogP contribution in [0, 0.1) is 6.07 Å². The molecule has 0 aliphatic rings. The number of H-pyrrole nitrogens is 1. The second kappa shape index (κ2) is 1.12. The fraction of sp³-hybridized carbons (Fsp3) is 0. The lowest BCUT2D eigenvalue weighted by Gasteiger charge is -1.74. The molecule has 0 aliphatic heterocycles. The summed E-state index contributed by atoms with van der Waals surface area (Å²) in [5.41, 5.74) is 0.838. The van der Waals surface area contributed by atoms with Crippen molar-refractivity contribution < 1.29 is 0 Å². The second-order valence-corrected chi connectivity index (χ2v) is 1.54. The predicted octanol–water partition coefficient (Wildman–Crippen LogP) is 0.463. The van der Waals surface area contributed by atoms with Crippen LogP contribution in [0.1, 0.15) is 0 Å². The maximum atomic E-state index is 3.95. The molecule has 2 heterocycles. The Morgan fingerprint density at radius 1 is 1.75 bits per heavy atom. The lowest BCUT2D eigenvalue weighted by atomic mass is 10.7. The number of fused-ring (bicyclic) bond motifs is 1. The van der Waals surface area contributed by atoms with Gasteiger partial charge >= 0.3 is 0 Å². The first-order valence-corrected chi connectivity index (χ1v) is 2.35. The van der Waals surface area contributed by atoms with Gasteiger partial charge in [0, 0.05) is 24.7 Å². The van der Waals surface area contributed by atoms with Gasteiger partial charge in [-0.25, -0.2) is 9.50 Å². The van der Waals surface area contributed by atoms with E-state index in [1.165, 1.54) is 0 Å². The highest BCUT2D eigenvalue weighted by molar-refractivity contribution is 5.33. The highest BCUT2D eigenvalue weighted by atomic mass is 15.2. The van der Waals surface area contributed by atoms with Crippen molar-refractivity contribution in [1.29, 1.82) is 0 Å². The van der Waals surface area contributed by atoms with Gasteiger partial charge in [-0.05, 0) is 0 Å². The molecular formula is C5H4N3. The van der Waals surface area contributed by atoms with Crippen LogP contribution >= 0.6 is 0 Å². The maximum absolute atomic E-state index is 3.95. The minimum Gasteiger partial charge on any atom is -0.299 e. The van der Waals surface area contributed by atoms with E-state index >= 15 is 0 Å². The van der Waals surface area contributed by atoms with E-state index in [2.05, 4.69) is 16.1 Å². The van der Waals surface area contributed by atoms with Crippen LogP contribution in [0.25, 0.3) is 5.65 Å². The fourth-order valence-corrected chi connectivity index (χ4v) is 0.681. The topological polar surface area (TPSA) is 33.1 Å². The first-order valence-electron chi connectivity index (χ1n) is 2.35. The Kier molecular flexibility index (Phi) is 0.521. The van der Waals surface area contributed by atoms with Gasteiger partial charge in [-0.2, -0.15) is 0 Å². The molecule has 0 aromatic carbocycles. The van der Waals surface area contributed by atoms with Crippen LogP contribution in [0.4, 0.5) is 0 Å². The van der Waals surface area contributed by atoms with E-state index in [0.717, 1.165) is 5.65 Å². The molecule has 0 aliphatic carbocycles. The van der Waals surface area contributed by atoms with Gasteiger partial charge in [0.05, 0.1) is 0 Å². The number of aromatic nitrogens is 3. The Labute approximate surface area is 45.9 Å². The number of nitrogens with one attached hydrogen (secondary N) is 1. The molecule has 0 bridgehead atoms. The Morgan fingerprint density at radius 2 is 2.75 bits per heavy atom. The van der Waals surface area contributed by atoms with E-state index in [9.17, 15) is 0 Å². The third kappa shape index (κ3) is 0.307. The number of nitrogens with zero attached hydrogens (tertiary/aromatic N) is 2. The van der Waals surface area contributed by atoms with Gasteiger partial charge < -0.3 is 0 Å². The molecule has 0 amide bonds. The number of imidazole rings is 1. The molecule has 1 N–H and O–H groups in total. The van der Waals surface area contributed by atoms with Crippen molar-refractivity contribution in [1.82, 2.24) is 14.6 Å². The van der Waals surface area contributed by atoms with Crippen molar-refractivity contribution >= 4 is 5.65 Å². The summed E-state index contributed by atoms with van der Waals surface area (Å²) in [5, 5.41) is 2.90. The van der Waals surface area contributed by atoms with E-state index in [4.69, 9.17) is 0 Å². The van der Waals surface area contributed by atoms with Crippen molar-refractivity contribution in [3.63, 3.8) is 0 Å². The van der Waals surface area contributed by atoms with Crippen LogP contribution in [0.5, 0.6) is 0 Å². The van der Waals surface area contributed by atoms with Gasteiger partial charge in [0.15, 0.2) is 5.65 Å². The molecule has 3 heteroatoms. The molecule has 1 radical (unpaired) electrons. The van der Waals surface area contributed by atoms with Crippen LogP contribution in [0.2, 0.25) is 0 Å². The SMILES string of the molecule is [c]1c[nH]n2ccnc12. The summed E-state index contributed by atoms with van der Waals surface area (Å²) in [5.74, 6) is 0. The molecule has 0 saturated carbocycles. The molecular weight excluding hydrogens is 102 g/mol. The van der Waals surface area contributed by atoms with Crippen molar-refractivity contribution in [2.75, 3.05) is 0 Å². The van der Waals surface area contributed by atoms with Crippen LogP contribution in [0.15, 0.2) is 18.6 Å². The van der Waals surface area contributed by atoms with Crippen molar-refractivity contribution in [2.24, 2.45) is 0 Å². The first kappa shape index (κ1) is 3.72. The molecule has 8 heavy (non-hydrogen) atoms. The highest BCUT2D eigenvalue weighted by Gasteiger charge is 1.88. The van der Waals surface area contributed by atoms with E-state index in [1.807, 2.05) is 6.20 Å². The van der Waals surface area contributed by atoms with Crippen LogP contribution in [0.3, 0.4) is 0 Å². The first-order chi connectivity index (χ1) is 3.97. The molecule has 0 fully saturated rings. The summed E-state index contributed by atoms with van der Waals surface area (Å²) in [6.07, 6.45) is 5.29. The number of hydrogen-bond acceptors (Lipinski definition) is 1. The van der Waals surface area contributed by atoms with Crippen LogP contribution < -0.4 is 0 Å². The molecule has 0 spiro atoms. The van der Waals surface area contributed by atoms with Gasteiger partial charge in [0.2, 0.25) is 0 Å². The summed E-state index contributed by atoms with van der Waals surface area (Å²) in [6.45, 7) is 0. The zero-order valence-corrected chi connectivity index (χ0v) is 4.13. The van der Waals surface area contributed by atoms with E-state index < -0.39 is 0 Å². The smallest absolute Gasteiger partial charge is 0.160 e. The summed E-state index contributed by atoms with van der Waals surface area (Å²) >= 11 is 0. The summed E-state index contributed by atoms with van der Waals surface area (Å²) < 4.78 is 1.79. The zero-order valence-electron chi connectivity index (χ0n) is 4.13. The normalized spacial score (nSPS) is 10.5. The quantitative estimate of drug-likeness (QED) is 0.520. The Hall–Kier alpha value is -1.25. The number of aromatic amines is 1. The summed E-state index contributed by atoms with van der Waals surface area (Å²) in [7, 11) is 0. The fourth-order valence-electron chi connectivity index (χ4n) is 0.681. The van der Waals surface area contributed by atoms with E-state index in [0.29, 0.717) is 0 Å². The Bertz CT molecular complexity index is 229. The van der Waals surface area contributed by atoms with Crippen molar-refractivity contribution in [3.05, 3.63) is 24.7 Å². The molecule has 0 saturated heterocycles. The Balaban J connectivity index is 3.06. The summed E-state index contributed by atoms with van der Waals surface area (Å²) in [6, 6.07) is 2.90. The number of hydrogen-bond donors (Lipinski definition) is 1. The van der Waals surface area contributed by atoms with E-state index in [1.54, 1.807) is 16.9 Å². The summed E-state index contributed by atoms with van der Waals surface area (Å²) in [4.78, 5) is 3.95. The molecule has 2 rings (SSSR count). The third-order valence-corrected chi connectivity index (χ3v) is 1.05. The van der Waals surface area contributed by atoms with Gasteiger partial charge in [-0.15, -0.1) is 0 Å². The second-order valence-electron chi connectivity index (χ2n) is 1.54. The molecule has 3 nitrogen and oxygen atoms in total. The van der Waals surface area contributed by atoms with Crippen molar-refractivity contribution in [2.45, 2.75) is 0 Å². The molecule has 0 unspecified atom stereocenters. The average Bonchev–Trinajstić information content (AvgIpc) is 2.15. The molecule has 2 aromatic heterocycles. The van der Waals surface area contributed by atoms with Crippen LogP contribution in [-0.2, 0) is 0 Å². The van der Waals surface area contributed by atoms with Gasteiger partial charge in [-0.3, -0.25) is 5.10 Å². The van der Waals surface area contributed by atoms with Gasteiger partial charge in [0.25, 0.3) is 0 Å². The average molecular weight is 106 g/mol. The largest absolute Gasteiger partial charge is 0.299 e. The molecule has 0 atom stereocenters. The molecule has 2 aromatic rings. The Morgan fingerprint density at radius 3 is 3.62 bits per heavy atom. The predicted molar refractivity (Wildman–Crippen MR) is 28.4 cm³/mol. The maximum Gasteiger partial charge on any atom is 0.160 e. The number of rotatable bonds is 0. The highest BCUT2D eigenvalue weighted by Crippen LogP contribution is 1.92. The third-order valence-electron chi connectivity index (χ3n) is 1.05. The molecule has 39 valence electrons. The van der Waals surface area contributed by atoms with Gasteiger partial charge in [0.1, 0.15) is 0 Å². The lowest BCUT2D eigenvalue weighted by molar-refractivity contribution is 0.973. The zero-order chi connectivity index (χ0) is 5.40. The van der Waals surface area contributed by atoms with Crippen LogP contribution in [-0.4, -0.2) is 14.6 Å². The minimum absolute atomic E-state index is 0.838. The van der Waals surface area contributed by atoms with E-state index in [-0.39, 0.29) is 0 Å². The lowest BCUT2D eigenvalue weighted by Crippen LogP contribution is -1.75. The van der Waals surface area contributed by atoms with Gasteiger partial charge in [-0.1, -0.05) is 0 Å². The standard InChI is InChI=1S/C5H4N3/c1-2-7-8-4-3-6-5(1)8/h2-4,7H.